The fraction of sp³-hybridized carbons (Fsp3) is 0.0476. The predicted molar refractivity (Wildman–Crippen MR) is 109 cm³/mol. The third kappa shape index (κ3) is 4.00. The lowest BCUT2D eigenvalue weighted by atomic mass is 10.1. The number of hydrogen-bond acceptors (Lipinski definition) is 4. The van der Waals surface area contributed by atoms with Crippen molar-refractivity contribution in [2.45, 2.75) is 16.7 Å². The Balaban J connectivity index is 2.16. The second-order valence-electron chi connectivity index (χ2n) is 6.03. The topological polar surface area (TPSA) is 71.5 Å². The zero-order valence-corrected chi connectivity index (χ0v) is 16.8. The Morgan fingerprint density at radius 2 is 1.07 bits per heavy atom. The van der Waals surface area contributed by atoms with E-state index in [9.17, 15) is 16.8 Å². The average Bonchev–Trinajstić information content (AvgIpc) is 2.70. The van der Waals surface area contributed by atoms with Gasteiger partial charge in [0.05, 0.1) is 9.79 Å². The smallest absolute Gasteiger partial charge is 0.200 e. The van der Waals surface area contributed by atoms with Gasteiger partial charge in [-0.25, -0.2) is 16.8 Å². The maximum atomic E-state index is 13.2. The van der Waals surface area contributed by atoms with Crippen LogP contribution in [0.3, 0.4) is 0 Å². The first-order valence-electron chi connectivity index (χ1n) is 8.47. The van der Waals surface area contributed by atoms with E-state index in [0.717, 1.165) is 17.3 Å². The summed E-state index contributed by atoms with van der Waals surface area (Å²) in [5.41, 5.74) is 1.62. The van der Waals surface area contributed by atoms with Gasteiger partial charge in [-0.3, -0.25) is 0 Å². The minimum atomic E-state index is -4.33. The highest BCUT2D eigenvalue weighted by Crippen LogP contribution is 2.25. The van der Waals surface area contributed by atoms with Crippen molar-refractivity contribution in [1.29, 1.82) is 0 Å². The summed E-state index contributed by atoms with van der Waals surface area (Å²) in [6.07, 6.45) is 2.57. The van der Waals surface area contributed by atoms with Crippen LogP contribution in [-0.2, 0) is 20.0 Å². The molecule has 0 amide bonds. The van der Waals surface area contributed by atoms with Gasteiger partial charge in [0.25, 0.3) is 20.0 Å². The summed E-state index contributed by atoms with van der Waals surface area (Å²) < 4.78 is 53.0. The number of hydrogen-bond donors (Lipinski definition) is 0. The molecule has 0 heterocycles. The van der Waals surface area contributed by atoms with Gasteiger partial charge in [0.2, 0.25) is 0 Å². The molecule has 0 aromatic heterocycles. The summed E-state index contributed by atoms with van der Waals surface area (Å²) >= 11 is 0. The molecule has 28 heavy (non-hydrogen) atoms. The molecule has 0 radical (unpaired) electrons. The van der Waals surface area contributed by atoms with Crippen LogP contribution in [0.2, 0.25) is 0 Å². The Hall–Kier alpha value is -2.90. The van der Waals surface area contributed by atoms with E-state index in [4.69, 9.17) is 0 Å². The van der Waals surface area contributed by atoms with Crippen molar-refractivity contribution in [3.05, 3.63) is 102 Å². The van der Waals surface area contributed by atoms with Crippen molar-refractivity contribution in [3.8, 4) is 0 Å². The quantitative estimate of drug-likeness (QED) is 0.611. The standard InChI is InChI=1S/C21H19NO4S2/c1-18-10-8-9-11-19(18)16-17-22(27(23,24)20-12-4-2-5-13-20)28(25,26)21-14-6-3-7-15-21/h2-17H,1H3/b17-16+. The number of sulfonamides is 2. The van der Waals surface area contributed by atoms with Crippen molar-refractivity contribution in [2.24, 2.45) is 0 Å². The molecular formula is C21H19NO4S2. The van der Waals surface area contributed by atoms with Crippen molar-refractivity contribution >= 4 is 26.1 Å². The van der Waals surface area contributed by atoms with Gasteiger partial charge >= 0.3 is 0 Å². The van der Waals surface area contributed by atoms with E-state index in [1.165, 1.54) is 30.3 Å². The van der Waals surface area contributed by atoms with E-state index in [2.05, 4.69) is 0 Å². The molecular weight excluding hydrogens is 394 g/mol. The number of rotatable bonds is 6. The molecule has 0 fully saturated rings. The van der Waals surface area contributed by atoms with Crippen LogP contribution in [0.25, 0.3) is 6.08 Å². The Bertz CT molecular complexity index is 1120. The zero-order chi connectivity index (χ0) is 20.2. The Morgan fingerprint density at radius 3 is 1.54 bits per heavy atom. The van der Waals surface area contributed by atoms with E-state index in [-0.39, 0.29) is 9.79 Å². The summed E-state index contributed by atoms with van der Waals surface area (Å²) in [6, 6.07) is 22.3. The highest BCUT2D eigenvalue weighted by Gasteiger charge is 2.33. The third-order valence-corrected chi connectivity index (χ3v) is 8.22. The second-order valence-corrected chi connectivity index (χ2v) is 9.89. The second kappa shape index (κ2) is 8.00. The molecule has 0 aliphatic carbocycles. The molecule has 5 nitrogen and oxygen atoms in total. The largest absolute Gasteiger partial charge is 0.277 e. The normalized spacial score (nSPS) is 12.2. The molecule has 144 valence electrons. The number of benzene rings is 3. The number of aryl methyl sites for hydroxylation is 1. The van der Waals surface area contributed by atoms with Crippen LogP contribution < -0.4 is 0 Å². The molecule has 0 bridgehead atoms. The van der Waals surface area contributed by atoms with Gasteiger partial charge in [0.15, 0.2) is 0 Å². The molecule has 0 aliphatic heterocycles. The molecule has 0 saturated heterocycles. The van der Waals surface area contributed by atoms with Gasteiger partial charge in [-0.15, -0.1) is 0 Å². The lowest BCUT2D eigenvalue weighted by molar-refractivity contribution is 0.537. The maximum absolute atomic E-state index is 13.2. The fourth-order valence-electron chi connectivity index (χ4n) is 2.60. The van der Waals surface area contributed by atoms with Crippen LogP contribution >= 0.6 is 0 Å². The van der Waals surface area contributed by atoms with E-state index < -0.39 is 20.0 Å². The lowest BCUT2D eigenvalue weighted by Crippen LogP contribution is -2.32. The summed E-state index contributed by atoms with van der Waals surface area (Å²) in [5, 5.41) is 0. The van der Waals surface area contributed by atoms with Crippen molar-refractivity contribution in [3.63, 3.8) is 0 Å². The summed E-state index contributed by atoms with van der Waals surface area (Å²) in [6.45, 7) is 1.86. The Kier molecular flexibility index (Phi) is 5.67. The van der Waals surface area contributed by atoms with Crippen LogP contribution in [0.4, 0.5) is 0 Å². The highest BCUT2D eigenvalue weighted by atomic mass is 32.3. The summed E-state index contributed by atoms with van der Waals surface area (Å²) in [5.74, 6) is 0. The van der Waals surface area contributed by atoms with Crippen LogP contribution in [0.1, 0.15) is 11.1 Å². The van der Waals surface area contributed by atoms with Crippen LogP contribution in [0.5, 0.6) is 0 Å². The van der Waals surface area contributed by atoms with Gasteiger partial charge in [0.1, 0.15) is 0 Å². The molecule has 0 atom stereocenters. The van der Waals surface area contributed by atoms with Gasteiger partial charge in [-0.2, -0.15) is 3.71 Å². The molecule has 0 aliphatic rings. The predicted octanol–water partition coefficient (Wildman–Crippen LogP) is 4.05. The molecule has 0 spiro atoms. The SMILES string of the molecule is Cc1ccccc1/C=C/N(S(=O)(=O)c1ccccc1)S(=O)(=O)c1ccccc1. The van der Waals surface area contributed by atoms with E-state index in [1.54, 1.807) is 48.5 Å². The van der Waals surface area contributed by atoms with E-state index >= 15 is 0 Å². The minimum absolute atomic E-state index is 0.107. The minimum Gasteiger partial charge on any atom is -0.200 e. The molecule has 7 heteroatoms. The van der Waals surface area contributed by atoms with Gasteiger partial charge in [0, 0.05) is 6.20 Å². The molecule has 0 unspecified atom stereocenters. The Labute approximate surface area is 165 Å². The first-order chi connectivity index (χ1) is 13.3. The molecule has 0 N–H and O–H groups in total. The van der Waals surface area contributed by atoms with Gasteiger partial charge in [-0.05, 0) is 48.4 Å². The van der Waals surface area contributed by atoms with Gasteiger partial charge in [-0.1, -0.05) is 60.7 Å². The van der Waals surface area contributed by atoms with E-state index in [0.29, 0.717) is 3.71 Å². The maximum Gasteiger partial charge on any atom is 0.277 e. The van der Waals surface area contributed by atoms with Gasteiger partial charge < -0.3 is 0 Å². The monoisotopic (exact) mass is 413 g/mol. The van der Waals surface area contributed by atoms with Crippen LogP contribution in [0.15, 0.2) is 101 Å². The first-order valence-corrected chi connectivity index (χ1v) is 11.3. The number of nitrogens with zero attached hydrogens (tertiary/aromatic N) is 1. The summed E-state index contributed by atoms with van der Waals surface area (Å²) in [4.78, 5) is -0.215. The van der Waals surface area contributed by atoms with Crippen LogP contribution in [-0.4, -0.2) is 20.5 Å². The lowest BCUT2D eigenvalue weighted by Gasteiger charge is -2.20. The first kappa shape index (κ1) is 19.9. The summed E-state index contributed by atoms with van der Waals surface area (Å²) in [7, 11) is -8.66. The Morgan fingerprint density at radius 1 is 0.643 bits per heavy atom. The van der Waals surface area contributed by atoms with Crippen molar-refractivity contribution in [1.82, 2.24) is 3.71 Å². The molecule has 3 rings (SSSR count). The van der Waals surface area contributed by atoms with Crippen LogP contribution in [0, 0.1) is 6.92 Å². The average molecular weight is 414 g/mol. The fourth-order valence-corrected chi connectivity index (χ4v) is 6.01. The van der Waals surface area contributed by atoms with E-state index in [1.807, 2.05) is 19.1 Å². The molecule has 3 aromatic carbocycles. The molecule has 0 saturated carbocycles. The molecule has 3 aromatic rings. The zero-order valence-electron chi connectivity index (χ0n) is 15.1. The highest BCUT2D eigenvalue weighted by molar-refractivity contribution is 8.04. The third-order valence-electron chi connectivity index (χ3n) is 4.12. The van der Waals surface area contributed by atoms with Crippen molar-refractivity contribution < 1.29 is 16.8 Å². The van der Waals surface area contributed by atoms with Crippen molar-refractivity contribution in [2.75, 3.05) is 0 Å².